The van der Waals surface area contributed by atoms with Gasteiger partial charge in [0.1, 0.15) is 0 Å². The number of hydrogen-bond donors (Lipinski definition) is 1. The first-order valence-electron chi connectivity index (χ1n) is 6.84. The van der Waals surface area contributed by atoms with Gasteiger partial charge in [0.25, 0.3) is 0 Å². The maximum atomic E-state index is 12.1. The predicted molar refractivity (Wildman–Crippen MR) is 83.3 cm³/mol. The highest BCUT2D eigenvalue weighted by Crippen LogP contribution is 2.32. The smallest absolute Gasteiger partial charge is 0.229 e. The summed E-state index contributed by atoms with van der Waals surface area (Å²) in [5.41, 5.74) is 1.92. The van der Waals surface area contributed by atoms with Crippen LogP contribution in [0.15, 0.2) is 5.38 Å². The number of hydrogen-bond acceptors (Lipinski definition) is 5. The van der Waals surface area contributed by atoms with Gasteiger partial charge in [0.15, 0.2) is 5.13 Å². The van der Waals surface area contributed by atoms with E-state index in [4.69, 9.17) is 0 Å². The summed E-state index contributed by atoms with van der Waals surface area (Å²) >= 11 is 3.13. The van der Waals surface area contributed by atoms with Crippen LogP contribution in [0.4, 0.5) is 5.13 Å². The molecule has 2 heterocycles. The van der Waals surface area contributed by atoms with Crippen LogP contribution in [0.5, 0.6) is 0 Å². The predicted octanol–water partition coefficient (Wildman–Crippen LogP) is 4.01. The molecule has 20 heavy (non-hydrogen) atoms. The molecule has 1 aliphatic rings. The lowest BCUT2D eigenvalue weighted by Gasteiger charge is -2.07. The highest BCUT2D eigenvalue weighted by atomic mass is 32.1. The zero-order valence-corrected chi connectivity index (χ0v) is 13.2. The van der Waals surface area contributed by atoms with Crippen molar-refractivity contribution in [2.75, 3.05) is 5.32 Å². The number of thiazole rings is 2. The highest BCUT2D eigenvalue weighted by molar-refractivity contribution is 7.16. The first kappa shape index (κ1) is 13.7. The molecule has 106 valence electrons. The van der Waals surface area contributed by atoms with E-state index in [1.165, 1.54) is 24.2 Å². The molecule has 0 bridgehead atoms. The van der Waals surface area contributed by atoms with Gasteiger partial charge in [-0.3, -0.25) is 4.79 Å². The molecule has 0 spiro atoms. The Morgan fingerprint density at radius 1 is 1.30 bits per heavy atom. The van der Waals surface area contributed by atoms with Gasteiger partial charge in [0.05, 0.1) is 21.3 Å². The van der Waals surface area contributed by atoms with Crippen LogP contribution in [-0.2, 0) is 4.79 Å². The SMILES string of the molecule is Cc1nc(C)c(-c2csc(NC(=O)C3CCCC3)n2)s1. The fourth-order valence-electron chi connectivity index (χ4n) is 2.60. The largest absolute Gasteiger partial charge is 0.302 e. The molecule has 3 rings (SSSR count). The normalized spacial score (nSPS) is 15.7. The van der Waals surface area contributed by atoms with Crippen LogP contribution in [0, 0.1) is 19.8 Å². The lowest BCUT2D eigenvalue weighted by molar-refractivity contribution is -0.119. The van der Waals surface area contributed by atoms with Crippen LogP contribution < -0.4 is 5.32 Å². The Balaban J connectivity index is 1.73. The average Bonchev–Trinajstić information content (AvgIpc) is 3.10. The molecule has 1 amide bonds. The number of aryl methyl sites for hydroxylation is 2. The first-order chi connectivity index (χ1) is 9.63. The molecule has 0 aromatic carbocycles. The molecule has 0 saturated heterocycles. The standard InChI is InChI=1S/C14H17N3OS2/c1-8-12(20-9(2)15-8)11-7-19-14(16-11)17-13(18)10-5-3-4-6-10/h7,10H,3-6H2,1-2H3,(H,16,17,18). The maximum Gasteiger partial charge on any atom is 0.229 e. The van der Waals surface area contributed by atoms with E-state index in [-0.39, 0.29) is 11.8 Å². The lowest BCUT2D eigenvalue weighted by Crippen LogP contribution is -2.20. The van der Waals surface area contributed by atoms with Crippen LogP contribution in [0.1, 0.15) is 36.4 Å². The third-order valence-corrected chi connectivity index (χ3v) is 5.45. The third-order valence-electron chi connectivity index (χ3n) is 3.60. The molecular weight excluding hydrogens is 290 g/mol. The fraction of sp³-hybridized carbons (Fsp3) is 0.500. The van der Waals surface area contributed by atoms with Gasteiger partial charge in [0, 0.05) is 11.3 Å². The summed E-state index contributed by atoms with van der Waals surface area (Å²) < 4.78 is 0. The summed E-state index contributed by atoms with van der Waals surface area (Å²) in [7, 11) is 0. The summed E-state index contributed by atoms with van der Waals surface area (Å²) in [6.45, 7) is 3.99. The Morgan fingerprint density at radius 3 is 2.70 bits per heavy atom. The fourth-order valence-corrected chi connectivity index (χ4v) is 4.26. The summed E-state index contributed by atoms with van der Waals surface area (Å²) in [6, 6.07) is 0. The Kier molecular flexibility index (Phi) is 3.85. The monoisotopic (exact) mass is 307 g/mol. The van der Waals surface area contributed by atoms with E-state index in [0.29, 0.717) is 5.13 Å². The Morgan fingerprint density at radius 2 is 2.05 bits per heavy atom. The van der Waals surface area contributed by atoms with Gasteiger partial charge >= 0.3 is 0 Å². The van der Waals surface area contributed by atoms with Gasteiger partial charge in [-0.25, -0.2) is 9.97 Å². The van der Waals surface area contributed by atoms with Crippen molar-refractivity contribution in [3.63, 3.8) is 0 Å². The minimum Gasteiger partial charge on any atom is -0.302 e. The maximum absolute atomic E-state index is 12.1. The molecule has 2 aromatic rings. The van der Waals surface area contributed by atoms with Crippen LogP contribution >= 0.6 is 22.7 Å². The summed E-state index contributed by atoms with van der Waals surface area (Å²) in [6.07, 6.45) is 4.36. The highest BCUT2D eigenvalue weighted by Gasteiger charge is 2.23. The summed E-state index contributed by atoms with van der Waals surface area (Å²) in [5, 5.41) is 6.68. The molecule has 1 aliphatic carbocycles. The molecule has 1 saturated carbocycles. The number of rotatable bonds is 3. The van der Waals surface area contributed by atoms with Gasteiger partial charge in [-0.2, -0.15) is 0 Å². The molecule has 1 N–H and O–H groups in total. The first-order valence-corrected chi connectivity index (χ1v) is 8.54. The third kappa shape index (κ3) is 2.76. The number of carbonyl (C=O) groups excluding carboxylic acids is 1. The van der Waals surface area contributed by atoms with Gasteiger partial charge in [-0.05, 0) is 26.7 Å². The quantitative estimate of drug-likeness (QED) is 0.932. The van der Waals surface area contributed by atoms with Crippen LogP contribution in [-0.4, -0.2) is 15.9 Å². The van der Waals surface area contributed by atoms with Gasteiger partial charge in [-0.15, -0.1) is 22.7 Å². The van der Waals surface area contributed by atoms with E-state index in [9.17, 15) is 4.79 Å². The lowest BCUT2D eigenvalue weighted by atomic mass is 10.1. The van der Waals surface area contributed by atoms with E-state index < -0.39 is 0 Å². The molecular formula is C14H17N3OS2. The van der Waals surface area contributed by atoms with Crippen molar-refractivity contribution in [3.05, 3.63) is 16.1 Å². The van der Waals surface area contributed by atoms with Gasteiger partial charge in [0.2, 0.25) is 5.91 Å². The van der Waals surface area contributed by atoms with Crippen molar-refractivity contribution < 1.29 is 4.79 Å². The van der Waals surface area contributed by atoms with E-state index in [0.717, 1.165) is 34.1 Å². The second kappa shape index (κ2) is 5.61. The van der Waals surface area contributed by atoms with Crippen molar-refractivity contribution in [3.8, 4) is 10.6 Å². The van der Waals surface area contributed by atoms with E-state index in [1.54, 1.807) is 11.3 Å². The average molecular weight is 307 g/mol. The second-order valence-electron chi connectivity index (χ2n) is 5.16. The van der Waals surface area contributed by atoms with E-state index in [1.807, 2.05) is 19.2 Å². The number of amides is 1. The number of nitrogens with zero attached hydrogens (tertiary/aromatic N) is 2. The number of aromatic nitrogens is 2. The molecule has 0 unspecified atom stereocenters. The Labute approximate surface area is 126 Å². The molecule has 0 atom stereocenters. The number of carbonyl (C=O) groups is 1. The Bertz CT molecular complexity index is 626. The summed E-state index contributed by atoms with van der Waals surface area (Å²) in [4.78, 5) is 22.1. The van der Waals surface area contributed by atoms with Crippen LogP contribution in [0.25, 0.3) is 10.6 Å². The molecule has 1 fully saturated rings. The van der Waals surface area contributed by atoms with Crippen LogP contribution in [0.3, 0.4) is 0 Å². The van der Waals surface area contributed by atoms with Crippen molar-refractivity contribution in [1.82, 2.24) is 9.97 Å². The van der Waals surface area contributed by atoms with Gasteiger partial charge in [-0.1, -0.05) is 12.8 Å². The molecule has 0 aliphatic heterocycles. The van der Waals surface area contributed by atoms with Crippen LogP contribution in [0.2, 0.25) is 0 Å². The number of nitrogens with one attached hydrogen (secondary N) is 1. The minimum absolute atomic E-state index is 0.126. The van der Waals surface area contributed by atoms with E-state index >= 15 is 0 Å². The molecule has 6 heteroatoms. The van der Waals surface area contributed by atoms with Gasteiger partial charge < -0.3 is 5.32 Å². The Hall–Kier alpha value is -1.27. The zero-order valence-electron chi connectivity index (χ0n) is 11.6. The second-order valence-corrected chi connectivity index (χ2v) is 7.22. The number of anilines is 1. The zero-order chi connectivity index (χ0) is 14.1. The minimum atomic E-state index is 0.126. The molecule has 0 radical (unpaired) electrons. The van der Waals surface area contributed by atoms with Crippen molar-refractivity contribution >= 4 is 33.7 Å². The summed E-state index contributed by atoms with van der Waals surface area (Å²) in [5.74, 6) is 0.301. The molecule has 2 aromatic heterocycles. The van der Waals surface area contributed by atoms with Crippen molar-refractivity contribution in [2.24, 2.45) is 5.92 Å². The van der Waals surface area contributed by atoms with Crippen molar-refractivity contribution in [2.45, 2.75) is 39.5 Å². The van der Waals surface area contributed by atoms with E-state index in [2.05, 4.69) is 15.3 Å². The van der Waals surface area contributed by atoms with Crippen molar-refractivity contribution in [1.29, 1.82) is 0 Å². The molecule has 4 nitrogen and oxygen atoms in total. The topological polar surface area (TPSA) is 54.9 Å².